The molecule has 1 heterocycles. The van der Waals surface area contributed by atoms with Crippen LogP contribution in [0.1, 0.15) is 37.6 Å². The van der Waals surface area contributed by atoms with E-state index in [-0.39, 0.29) is 5.54 Å². The largest absolute Gasteiger partial charge is 0.319 e. The Kier molecular flexibility index (Phi) is 2.82. The minimum atomic E-state index is -0.204. The van der Waals surface area contributed by atoms with E-state index < -0.39 is 0 Å². The lowest BCUT2D eigenvalue weighted by atomic mass is 9.78. The minimum absolute atomic E-state index is 0.204. The van der Waals surface area contributed by atoms with Crippen LogP contribution in [0.25, 0.3) is 0 Å². The second kappa shape index (κ2) is 3.80. The fourth-order valence-electron chi connectivity index (χ4n) is 1.98. The molecule has 0 bridgehead atoms. The van der Waals surface area contributed by atoms with Crippen molar-refractivity contribution >= 4 is 22.9 Å². The van der Waals surface area contributed by atoms with Gasteiger partial charge in [0.2, 0.25) is 0 Å². The lowest BCUT2D eigenvalue weighted by molar-refractivity contribution is 0.247. The average Bonchev–Trinajstić information content (AvgIpc) is 2.58. The second-order valence-electron chi connectivity index (χ2n) is 4.31. The molecule has 0 amide bonds. The van der Waals surface area contributed by atoms with E-state index in [0.29, 0.717) is 0 Å². The molecule has 1 aliphatic rings. The molecular weight excluding hydrogens is 216 g/mol. The van der Waals surface area contributed by atoms with Crippen molar-refractivity contribution < 1.29 is 0 Å². The van der Waals surface area contributed by atoms with Crippen LogP contribution in [-0.2, 0) is 5.54 Å². The Morgan fingerprint density at radius 2 is 2.21 bits per heavy atom. The molecule has 1 aromatic heterocycles. The molecule has 2 rings (SSSR count). The van der Waals surface area contributed by atoms with Gasteiger partial charge in [-0.05, 0) is 31.6 Å². The highest BCUT2D eigenvalue weighted by molar-refractivity contribution is 7.15. The Morgan fingerprint density at radius 3 is 2.71 bits per heavy atom. The normalized spacial score (nSPS) is 33.2. The number of halogens is 1. The maximum atomic E-state index is 6.35. The van der Waals surface area contributed by atoms with Gasteiger partial charge in [-0.15, -0.1) is 11.3 Å². The summed E-state index contributed by atoms with van der Waals surface area (Å²) in [4.78, 5) is 4.30. The highest BCUT2D eigenvalue weighted by atomic mass is 35.5. The van der Waals surface area contributed by atoms with Crippen LogP contribution in [0.2, 0.25) is 4.34 Å². The average molecular weight is 231 g/mol. The van der Waals surface area contributed by atoms with Crippen molar-refractivity contribution in [2.45, 2.75) is 38.1 Å². The van der Waals surface area contributed by atoms with Gasteiger partial charge in [0.15, 0.2) is 0 Å². The van der Waals surface area contributed by atoms with Gasteiger partial charge in [0.05, 0.1) is 11.7 Å². The SMILES string of the molecule is CC1CCC(N)(c2ncc(Cl)s2)CC1. The van der Waals surface area contributed by atoms with Gasteiger partial charge in [-0.25, -0.2) is 4.98 Å². The predicted molar refractivity (Wildman–Crippen MR) is 60.6 cm³/mol. The lowest BCUT2D eigenvalue weighted by Gasteiger charge is -2.34. The molecule has 0 saturated heterocycles. The van der Waals surface area contributed by atoms with E-state index in [4.69, 9.17) is 17.3 Å². The molecule has 0 aromatic carbocycles. The third-order valence-electron chi connectivity index (χ3n) is 3.07. The van der Waals surface area contributed by atoms with Crippen LogP contribution in [-0.4, -0.2) is 4.98 Å². The molecule has 0 unspecified atom stereocenters. The molecule has 1 fully saturated rings. The molecule has 1 aromatic rings. The topological polar surface area (TPSA) is 38.9 Å². The summed E-state index contributed by atoms with van der Waals surface area (Å²) in [5, 5.41) is 1.01. The summed E-state index contributed by atoms with van der Waals surface area (Å²) in [7, 11) is 0. The van der Waals surface area contributed by atoms with Crippen LogP contribution in [0.5, 0.6) is 0 Å². The Balaban J connectivity index is 2.16. The Labute approximate surface area is 93.5 Å². The number of hydrogen-bond donors (Lipinski definition) is 1. The summed E-state index contributed by atoms with van der Waals surface area (Å²) >= 11 is 7.39. The molecular formula is C10H15ClN2S. The molecule has 2 N–H and O–H groups in total. The van der Waals surface area contributed by atoms with Gasteiger partial charge in [0.25, 0.3) is 0 Å². The molecule has 0 spiro atoms. The van der Waals surface area contributed by atoms with E-state index in [1.165, 1.54) is 24.2 Å². The molecule has 1 saturated carbocycles. The maximum Gasteiger partial charge on any atom is 0.114 e. The summed E-state index contributed by atoms with van der Waals surface area (Å²) in [6.45, 7) is 2.29. The zero-order valence-electron chi connectivity index (χ0n) is 8.29. The number of nitrogens with zero attached hydrogens (tertiary/aromatic N) is 1. The van der Waals surface area contributed by atoms with Crippen molar-refractivity contribution in [2.75, 3.05) is 0 Å². The van der Waals surface area contributed by atoms with E-state index in [9.17, 15) is 0 Å². The van der Waals surface area contributed by atoms with Gasteiger partial charge in [-0.2, -0.15) is 0 Å². The van der Waals surface area contributed by atoms with E-state index in [0.717, 1.165) is 28.1 Å². The number of rotatable bonds is 1. The molecule has 0 atom stereocenters. The van der Waals surface area contributed by atoms with Gasteiger partial charge >= 0.3 is 0 Å². The van der Waals surface area contributed by atoms with Gasteiger partial charge in [-0.3, -0.25) is 0 Å². The van der Waals surface area contributed by atoms with E-state index >= 15 is 0 Å². The highest BCUT2D eigenvalue weighted by Crippen LogP contribution is 2.39. The number of nitrogens with two attached hydrogens (primary N) is 1. The van der Waals surface area contributed by atoms with E-state index in [2.05, 4.69) is 11.9 Å². The van der Waals surface area contributed by atoms with Gasteiger partial charge in [0.1, 0.15) is 9.34 Å². The van der Waals surface area contributed by atoms with Crippen molar-refractivity contribution in [3.8, 4) is 0 Å². The first-order valence-electron chi connectivity index (χ1n) is 5.01. The third-order valence-corrected chi connectivity index (χ3v) is 4.40. The van der Waals surface area contributed by atoms with Gasteiger partial charge in [-0.1, -0.05) is 18.5 Å². The summed E-state index contributed by atoms with van der Waals surface area (Å²) in [6.07, 6.45) is 6.19. The van der Waals surface area contributed by atoms with E-state index in [1.54, 1.807) is 6.20 Å². The zero-order chi connectivity index (χ0) is 10.2. The highest BCUT2D eigenvalue weighted by Gasteiger charge is 2.34. The fraction of sp³-hybridized carbons (Fsp3) is 0.700. The summed E-state index contributed by atoms with van der Waals surface area (Å²) in [5.74, 6) is 0.808. The minimum Gasteiger partial charge on any atom is -0.319 e. The molecule has 0 aliphatic heterocycles. The molecule has 14 heavy (non-hydrogen) atoms. The predicted octanol–water partition coefficient (Wildman–Crippen LogP) is 3.16. The van der Waals surface area contributed by atoms with Crippen molar-refractivity contribution in [3.63, 3.8) is 0 Å². The summed E-state index contributed by atoms with van der Waals surface area (Å²) in [6, 6.07) is 0. The third kappa shape index (κ3) is 1.95. The first-order chi connectivity index (χ1) is 6.60. The number of hydrogen-bond acceptors (Lipinski definition) is 3. The summed E-state index contributed by atoms with van der Waals surface area (Å²) < 4.78 is 0.739. The van der Waals surface area contributed by atoms with Gasteiger partial charge in [0, 0.05) is 0 Å². The first-order valence-corrected chi connectivity index (χ1v) is 6.20. The number of aromatic nitrogens is 1. The smallest absolute Gasteiger partial charge is 0.114 e. The van der Waals surface area contributed by atoms with Crippen molar-refractivity contribution in [3.05, 3.63) is 15.5 Å². The van der Waals surface area contributed by atoms with Crippen LogP contribution < -0.4 is 5.73 Å². The monoisotopic (exact) mass is 230 g/mol. The van der Waals surface area contributed by atoms with Crippen molar-refractivity contribution in [1.29, 1.82) is 0 Å². The standard InChI is InChI=1S/C10H15ClN2S/c1-7-2-4-10(12,5-3-7)9-13-6-8(11)14-9/h6-7H,2-5,12H2,1H3. The van der Waals surface area contributed by atoms with Crippen molar-refractivity contribution in [1.82, 2.24) is 4.98 Å². The number of thiazole rings is 1. The lowest BCUT2D eigenvalue weighted by Crippen LogP contribution is -2.39. The Morgan fingerprint density at radius 1 is 1.57 bits per heavy atom. The van der Waals surface area contributed by atoms with Crippen molar-refractivity contribution in [2.24, 2.45) is 11.7 Å². The molecule has 4 heteroatoms. The van der Waals surface area contributed by atoms with Crippen LogP contribution >= 0.6 is 22.9 Å². The van der Waals surface area contributed by atoms with E-state index in [1.807, 2.05) is 0 Å². The molecule has 78 valence electrons. The zero-order valence-corrected chi connectivity index (χ0v) is 9.87. The van der Waals surface area contributed by atoms with Crippen LogP contribution in [0.3, 0.4) is 0 Å². The Bertz CT molecular complexity index is 316. The van der Waals surface area contributed by atoms with Crippen LogP contribution in [0.4, 0.5) is 0 Å². The van der Waals surface area contributed by atoms with Gasteiger partial charge < -0.3 is 5.73 Å². The molecule has 2 nitrogen and oxygen atoms in total. The fourth-order valence-corrected chi connectivity index (χ4v) is 3.05. The Hall–Kier alpha value is -0.120. The first kappa shape index (κ1) is 10.4. The molecule has 0 radical (unpaired) electrons. The second-order valence-corrected chi connectivity index (χ2v) is 5.97. The molecule has 1 aliphatic carbocycles. The van der Waals surface area contributed by atoms with Crippen LogP contribution in [0, 0.1) is 5.92 Å². The van der Waals surface area contributed by atoms with Crippen LogP contribution in [0.15, 0.2) is 6.20 Å². The summed E-state index contributed by atoms with van der Waals surface area (Å²) in [5.41, 5.74) is 6.14. The maximum absolute atomic E-state index is 6.35. The quantitative estimate of drug-likeness (QED) is 0.805.